The van der Waals surface area contributed by atoms with E-state index < -0.39 is 26.6 Å². The van der Waals surface area contributed by atoms with E-state index in [9.17, 15) is 14.9 Å². The third-order valence-electron chi connectivity index (χ3n) is 4.06. The first kappa shape index (κ1) is 21.7. The molecule has 0 unspecified atom stereocenters. The van der Waals surface area contributed by atoms with Crippen LogP contribution in [0, 0.1) is 10.1 Å². The molecule has 10 heteroatoms. The van der Waals surface area contributed by atoms with Crippen molar-refractivity contribution in [2.45, 2.75) is 11.6 Å². The number of hydrogen-bond donors (Lipinski definition) is 1. The number of rotatable bonds is 8. The van der Waals surface area contributed by atoms with Crippen molar-refractivity contribution >= 4 is 55.1 Å². The third-order valence-corrected chi connectivity index (χ3v) is 6.57. The molecule has 3 aromatic rings. The molecule has 1 N–H and O–H groups in total. The van der Waals surface area contributed by atoms with E-state index in [1.807, 2.05) is 6.07 Å². The van der Waals surface area contributed by atoms with Gasteiger partial charge in [-0.3, -0.25) is 0 Å². The fourth-order valence-electron chi connectivity index (χ4n) is 2.60. The Kier molecular flexibility index (Phi) is 7.38. The van der Waals surface area contributed by atoms with Gasteiger partial charge < -0.3 is 0 Å². The quantitative estimate of drug-likeness (QED) is 0.224. The van der Waals surface area contributed by atoms with Crippen LogP contribution in [-0.2, 0) is 11.2 Å². The first-order valence-corrected chi connectivity index (χ1v) is 11.5. The van der Waals surface area contributed by atoms with Crippen molar-refractivity contribution in [1.82, 2.24) is 9.97 Å². The zero-order chi connectivity index (χ0) is 21.5. The van der Waals surface area contributed by atoms with E-state index >= 15 is 0 Å². The Balaban J connectivity index is 1.71. The molecule has 8 nitrogen and oxygen atoms in total. The van der Waals surface area contributed by atoms with Crippen LogP contribution in [0.5, 0.6) is 0 Å². The van der Waals surface area contributed by atoms with Gasteiger partial charge in [0.05, 0.1) is 0 Å². The van der Waals surface area contributed by atoms with Crippen molar-refractivity contribution in [2.75, 3.05) is 12.4 Å². The van der Waals surface area contributed by atoms with Crippen molar-refractivity contribution in [3.05, 3.63) is 81.0 Å². The number of carbonyl (C=O) groups excluding carboxylic acids is 1. The number of methoxy groups -OCH3 is 1. The fraction of sp³-hybridized carbons (Fsp3) is 0.150. The number of anilines is 2. The molecule has 0 atom stereocenters. The zero-order valence-corrected chi connectivity index (χ0v) is 18.5. The topological polar surface area (TPSA) is 107 Å². The first-order valence-electron chi connectivity index (χ1n) is 8.85. The van der Waals surface area contributed by atoms with Crippen molar-refractivity contribution < 1.29 is 14.5 Å². The van der Waals surface area contributed by atoms with E-state index in [-0.39, 0.29) is 5.69 Å². The van der Waals surface area contributed by atoms with Crippen LogP contribution in [0.3, 0.4) is 0 Å². The van der Waals surface area contributed by atoms with Gasteiger partial charge in [0.15, 0.2) is 0 Å². The van der Waals surface area contributed by atoms with E-state index in [0.717, 1.165) is 11.3 Å². The molecule has 0 bridgehead atoms. The molecule has 30 heavy (non-hydrogen) atoms. The number of ether oxygens (including phenoxy) is 1. The third kappa shape index (κ3) is 5.78. The van der Waals surface area contributed by atoms with Gasteiger partial charge in [0.25, 0.3) is 0 Å². The number of esters is 1. The molecule has 0 aliphatic rings. The molecule has 153 valence electrons. The molecule has 0 amide bonds. The van der Waals surface area contributed by atoms with E-state index in [2.05, 4.69) is 15.3 Å². The Bertz CT molecular complexity index is 1060. The van der Waals surface area contributed by atoms with Crippen LogP contribution in [0.4, 0.5) is 17.3 Å². The van der Waals surface area contributed by atoms with Crippen molar-refractivity contribution in [2.24, 2.45) is 0 Å². The van der Waals surface area contributed by atoms with Gasteiger partial charge in [-0.1, -0.05) is 0 Å². The Hall–Kier alpha value is -2.96. The summed E-state index contributed by atoms with van der Waals surface area (Å²) >= 11 is 5.30. The maximum absolute atomic E-state index is 11.7. The minimum atomic E-state index is -0.584. The number of halogens is 1. The number of nitrogens with one attached hydrogen (secondary N) is 1. The number of hydrogen-bond acceptors (Lipinski definition) is 7. The SMILES string of the molecule is COC(=O)c1cccc(CC[As]c2nc(Nc3ccc(Cl)cc3)ncc2[N+](=O)[O-])c1. The molecule has 1 heterocycles. The second-order valence-electron chi connectivity index (χ2n) is 6.12. The average molecular weight is 488 g/mol. The molecule has 3 rings (SSSR count). The predicted octanol–water partition coefficient (Wildman–Crippen LogP) is 3.56. The molecule has 0 aliphatic carbocycles. The summed E-state index contributed by atoms with van der Waals surface area (Å²) in [6, 6.07) is 14.2. The molecule has 0 fully saturated rings. The van der Waals surface area contributed by atoms with Gasteiger partial charge in [-0.05, 0) is 0 Å². The Morgan fingerprint density at radius 3 is 2.73 bits per heavy atom. The van der Waals surface area contributed by atoms with Gasteiger partial charge in [0.1, 0.15) is 0 Å². The standard InChI is InChI=1S/C20H17AsClN4O4/c1-30-19(27)14-4-2-3-13(11-14)9-10-21-18-17(26(28)29)12-23-20(25-18)24-16-7-5-15(22)6-8-16/h2-8,11-12H,9-10H2,1H3,(H,23,24,25). The minimum absolute atomic E-state index is 0.0834. The maximum atomic E-state index is 11.7. The van der Waals surface area contributed by atoms with Gasteiger partial charge in [-0.2, -0.15) is 0 Å². The first-order chi connectivity index (χ1) is 14.5. The van der Waals surface area contributed by atoms with E-state index in [4.69, 9.17) is 16.3 Å². The van der Waals surface area contributed by atoms with Crippen molar-refractivity contribution in [3.63, 3.8) is 0 Å². The number of nitro groups is 1. The van der Waals surface area contributed by atoms with Crippen LogP contribution in [0.1, 0.15) is 15.9 Å². The van der Waals surface area contributed by atoms with Crippen LogP contribution in [0.15, 0.2) is 54.7 Å². The molecule has 0 saturated carbocycles. The summed E-state index contributed by atoms with van der Waals surface area (Å²) in [6.45, 7) is 0. The number of carbonyl (C=O) groups is 1. The van der Waals surface area contributed by atoms with Crippen molar-refractivity contribution in [1.29, 1.82) is 0 Å². The summed E-state index contributed by atoms with van der Waals surface area (Å²) in [5, 5.41) is 15.7. The van der Waals surface area contributed by atoms with Gasteiger partial charge in [0.2, 0.25) is 0 Å². The van der Waals surface area contributed by atoms with Crippen LogP contribution >= 0.6 is 11.6 Å². The number of aromatic nitrogens is 2. The second kappa shape index (κ2) is 10.2. The van der Waals surface area contributed by atoms with Crippen LogP contribution < -0.4 is 9.80 Å². The fourth-order valence-corrected chi connectivity index (χ4v) is 4.92. The summed E-state index contributed by atoms with van der Waals surface area (Å²) in [5.41, 5.74) is 2.09. The summed E-state index contributed by atoms with van der Waals surface area (Å²) in [6.07, 6.45) is 1.90. The second-order valence-corrected chi connectivity index (χ2v) is 9.04. The monoisotopic (exact) mass is 487 g/mol. The summed E-state index contributed by atoms with van der Waals surface area (Å²) in [7, 11) is 1.34. The van der Waals surface area contributed by atoms with Crippen molar-refractivity contribution in [3.8, 4) is 0 Å². The molecule has 1 radical (unpaired) electrons. The number of nitrogens with zero attached hydrogens (tertiary/aromatic N) is 3. The number of benzene rings is 2. The van der Waals surface area contributed by atoms with Gasteiger partial charge >= 0.3 is 185 Å². The van der Waals surface area contributed by atoms with Crippen LogP contribution in [-0.4, -0.2) is 43.7 Å². The Morgan fingerprint density at radius 2 is 2.03 bits per heavy atom. The van der Waals surface area contributed by atoms with E-state index in [1.54, 1.807) is 42.5 Å². The van der Waals surface area contributed by atoms with E-state index in [1.165, 1.54) is 13.3 Å². The van der Waals surface area contributed by atoms with Gasteiger partial charge in [-0.15, -0.1) is 0 Å². The molecule has 1 aromatic heterocycles. The van der Waals surface area contributed by atoms with Gasteiger partial charge in [-0.25, -0.2) is 0 Å². The number of aryl methyl sites for hydroxylation is 1. The molecule has 0 saturated heterocycles. The average Bonchev–Trinajstić information content (AvgIpc) is 2.75. The van der Waals surface area contributed by atoms with Crippen LogP contribution in [0.2, 0.25) is 10.2 Å². The molecular weight excluding hydrogens is 471 g/mol. The zero-order valence-electron chi connectivity index (χ0n) is 15.9. The van der Waals surface area contributed by atoms with Gasteiger partial charge in [0, 0.05) is 0 Å². The summed E-state index contributed by atoms with van der Waals surface area (Å²) < 4.78 is 5.17. The Morgan fingerprint density at radius 1 is 1.27 bits per heavy atom. The Labute approximate surface area is 184 Å². The summed E-state index contributed by atoms with van der Waals surface area (Å²) in [5.74, 6) is -0.101. The normalized spacial score (nSPS) is 10.9. The molecule has 0 aliphatic heterocycles. The molecular formula is C20H17AsClN4O4. The summed E-state index contributed by atoms with van der Waals surface area (Å²) in [4.78, 5) is 31.0. The molecule has 0 spiro atoms. The molecule has 2 aromatic carbocycles. The van der Waals surface area contributed by atoms with E-state index in [0.29, 0.717) is 32.6 Å². The predicted molar refractivity (Wildman–Crippen MR) is 115 cm³/mol. The van der Waals surface area contributed by atoms with Crippen LogP contribution in [0.25, 0.3) is 0 Å².